The van der Waals surface area contributed by atoms with E-state index in [0.717, 1.165) is 24.0 Å². The van der Waals surface area contributed by atoms with Crippen molar-refractivity contribution in [3.05, 3.63) is 83.4 Å². The molecule has 2 N–H and O–H groups in total. The van der Waals surface area contributed by atoms with Gasteiger partial charge in [0.05, 0.1) is 23.5 Å². The standard InChI is InChI=1S/C40H50N2O5/c1-6-7-8-9-10-11-12-13-14-17-24-46-36-22-20-28(2)25-34(36)41-40(45)33-27-38(31-18-15-16-19-32(31)39(33)44)47-37-23-21-29(3)26-35(37)42(5)30(4)43/h15-16,18-23,25-27,44H,6-14,17,24H2,1-5H3,(H,41,45). The molecule has 0 bridgehead atoms. The number of fused-ring (bicyclic) bond motifs is 1. The number of aryl methyl sites for hydroxylation is 2. The van der Waals surface area contributed by atoms with E-state index < -0.39 is 5.91 Å². The van der Waals surface area contributed by atoms with Crippen LogP contribution in [0.5, 0.6) is 23.0 Å². The van der Waals surface area contributed by atoms with E-state index in [0.29, 0.717) is 46.0 Å². The summed E-state index contributed by atoms with van der Waals surface area (Å²) in [5.41, 5.74) is 3.15. The normalized spacial score (nSPS) is 11.0. The summed E-state index contributed by atoms with van der Waals surface area (Å²) < 4.78 is 12.5. The molecule has 4 aromatic carbocycles. The number of carbonyl (C=O) groups is 2. The highest BCUT2D eigenvalue weighted by molar-refractivity contribution is 6.11. The summed E-state index contributed by atoms with van der Waals surface area (Å²) in [5, 5.41) is 15.4. The van der Waals surface area contributed by atoms with Crippen molar-refractivity contribution in [2.45, 2.75) is 91.9 Å². The minimum atomic E-state index is -0.488. The number of aromatic hydroxyl groups is 1. The molecule has 0 saturated heterocycles. The van der Waals surface area contributed by atoms with Crippen LogP contribution in [0.3, 0.4) is 0 Å². The van der Waals surface area contributed by atoms with E-state index in [1.807, 2.05) is 56.3 Å². The molecule has 4 rings (SSSR count). The molecule has 0 aliphatic rings. The van der Waals surface area contributed by atoms with Crippen LogP contribution in [0.15, 0.2) is 66.7 Å². The van der Waals surface area contributed by atoms with Crippen LogP contribution in [-0.4, -0.2) is 30.6 Å². The van der Waals surface area contributed by atoms with E-state index in [9.17, 15) is 14.7 Å². The molecule has 7 heteroatoms. The molecule has 0 aliphatic carbocycles. The Morgan fingerprint density at radius 3 is 2.00 bits per heavy atom. The van der Waals surface area contributed by atoms with Gasteiger partial charge >= 0.3 is 0 Å². The van der Waals surface area contributed by atoms with E-state index in [1.54, 1.807) is 31.3 Å². The van der Waals surface area contributed by atoms with E-state index in [-0.39, 0.29) is 17.2 Å². The number of nitrogens with one attached hydrogen (secondary N) is 1. The molecule has 0 heterocycles. The average molecular weight is 639 g/mol. The van der Waals surface area contributed by atoms with Crippen molar-refractivity contribution in [1.82, 2.24) is 0 Å². The van der Waals surface area contributed by atoms with E-state index in [2.05, 4.69) is 12.2 Å². The van der Waals surface area contributed by atoms with Gasteiger partial charge in [0.2, 0.25) is 5.91 Å². The van der Waals surface area contributed by atoms with Crippen molar-refractivity contribution in [3.8, 4) is 23.0 Å². The van der Waals surface area contributed by atoms with E-state index >= 15 is 0 Å². The van der Waals surface area contributed by atoms with Crippen LogP contribution in [0.2, 0.25) is 0 Å². The second kappa shape index (κ2) is 17.4. The fourth-order valence-corrected chi connectivity index (χ4v) is 5.68. The molecule has 0 aliphatic heterocycles. The van der Waals surface area contributed by atoms with Crippen molar-refractivity contribution in [3.63, 3.8) is 0 Å². The van der Waals surface area contributed by atoms with E-state index in [4.69, 9.17) is 9.47 Å². The van der Waals surface area contributed by atoms with Crippen LogP contribution in [-0.2, 0) is 4.79 Å². The number of benzene rings is 4. The Balaban J connectivity index is 1.49. The molecule has 0 atom stereocenters. The summed E-state index contributed by atoms with van der Waals surface area (Å²) in [6, 6.07) is 20.1. The summed E-state index contributed by atoms with van der Waals surface area (Å²) in [5.74, 6) is 0.658. The lowest BCUT2D eigenvalue weighted by Gasteiger charge is -2.21. The summed E-state index contributed by atoms with van der Waals surface area (Å²) in [6.45, 7) is 8.20. The summed E-state index contributed by atoms with van der Waals surface area (Å²) >= 11 is 0. The SMILES string of the molecule is CCCCCCCCCCCCOc1ccc(C)cc1NC(=O)c1cc(Oc2ccc(C)cc2N(C)C(C)=O)c2ccccc2c1O. The quantitative estimate of drug-likeness (QED) is 0.112. The van der Waals surface area contributed by atoms with Gasteiger partial charge in [0.1, 0.15) is 17.2 Å². The number of hydrogen-bond donors (Lipinski definition) is 2. The minimum absolute atomic E-state index is 0.0643. The van der Waals surface area contributed by atoms with Crippen LogP contribution in [0.25, 0.3) is 10.8 Å². The highest BCUT2D eigenvalue weighted by Gasteiger charge is 2.21. The highest BCUT2D eigenvalue weighted by atomic mass is 16.5. The zero-order valence-corrected chi connectivity index (χ0v) is 28.7. The van der Waals surface area contributed by atoms with Gasteiger partial charge in [-0.05, 0) is 61.7 Å². The van der Waals surface area contributed by atoms with Crippen LogP contribution in [0, 0.1) is 13.8 Å². The molecular formula is C40H50N2O5. The first-order valence-corrected chi connectivity index (χ1v) is 17.0. The molecule has 0 unspecified atom stereocenters. The van der Waals surface area contributed by atoms with Crippen molar-refractivity contribution in [2.75, 3.05) is 23.9 Å². The Morgan fingerprint density at radius 2 is 1.34 bits per heavy atom. The molecule has 47 heavy (non-hydrogen) atoms. The number of carbonyl (C=O) groups excluding carboxylic acids is 2. The van der Waals surface area contributed by atoms with E-state index in [1.165, 1.54) is 63.2 Å². The first-order chi connectivity index (χ1) is 22.7. The fourth-order valence-electron chi connectivity index (χ4n) is 5.68. The Labute approximate surface area is 279 Å². The monoisotopic (exact) mass is 638 g/mol. The molecule has 4 aromatic rings. The number of rotatable bonds is 17. The summed E-state index contributed by atoms with van der Waals surface area (Å²) in [4.78, 5) is 27.5. The number of hydrogen-bond acceptors (Lipinski definition) is 5. The number of anilines is 2. The Morgan fingerprint density at radius 1 is 0.745 bits per heavy atom. The number of unbranched alkanes of at least 4 members (excludes halogenated alkanes) is 9. The molecule has 0 aromatic heterocycles. The third-order valence-electron chi connectivity index (χ3n) is 8.53. The van der Waals surface area contributed by atoms with Crippen LogP contribution in [0.1, 0.15) is 99.5 Å². The van der Waals surface area contributed by atoms with Gasteiger partial charge < -0.3 is 24.8 Å². The molecule has 2 amide bonds. The largest absolute Gasteiger partial charge is 0.506 e. The van der Waals surface area contributed by atoms with Crippen LogP contribution >= 0.6 is 0 Å². The number of phenolic OH excluding ortho intramolecular Hbond substituents is 1. The number of nitrogens with zero attached hydrogens (tertiary/aromatic N) is 1. The first-order valence-electron chi connectivity index (χ1n) is 17.0. The maximum absolute atomic E-state index is 13.8. The fraction of sp³-hybridized carbons (Fsp3) is 0.400. The van der Waals surface area contributed by atoms with Crippen molar-refractivity contribution in [2.24, 2.45) is 0 Å². The lowest BCUT2D eigenvalue weighted by atomic mass is 10.0. The Hall–Kier alpha value is -4.52. The first kappa shape index (κ1) is 35.3. The summed E-state index contributed by atoms with van der Waals surface area (Å²) in [6.07, 6.45) is 12.5. The number of amides is 2. The van der Waals surface area contributed by atoms with Gasteiger partial charge in [-0.1, -0.05) is 101 Å². The molecule has 0 spiro atoms. The zero-order valence-electron chi connectivity index (χ0n) is 28.7. The van der Waals surface area contributed by atoms with Gasteiger partial charge in [-0.15, -0.1) is 0 Å². The van der Waals surface area contributed by atoms with Gasteiger partial charge in [0.15, 0.2) is 5.75 Å². The van der Waals surface area contributed by atoms with Gasteiger partial charge in [0, 0.05) is 24.7 Å². The Kier molecular flexibility index (Phi) is 13.1. The zero-order chi connectivity index (χ0) is 33.8. The van der Waals surface area contributed by atoms with Gasteiger partial charge in [-0.3, -0.25) is 9.59 Å². The van der Waals surface area contributed by atoms with Gasteiger partial charge in [-0.25, -0.2) is 0 Å². The third-order valence-corrected chi connectivity index (χ3v) is 8.53. The smallest absolute Gasteiger partial charge is 0.259 e. The molecule has 250 valence electrons. The second-order valence-corrected chi connectivity index (χ2v) is 12.5. The Bertz CT molecular complexity index is 1660. The van der Waals surface area contributed by atoms with Crippen molar-refractivity contribution >= 4 is 34.0 Å². The lowest BCUT2D eigenvalue weighted by Crippen LogP contribution is -2.23. The van der Waals surface area contributed by atoms with Gasteiger partial charge in [-0.2, -0.15) is 0 Å². The molecule has 0 saturated carbocycles. The predicted octanol–water partition coefficient (Wildman–Crippen LogP) is 10.5. The van der Waals surface area contributed by atoms with Crippen molar-refractivity contribution in [1.29, 1.82) is 0 Å². The molecule has 0 radical (unpaired) electrons. The average Bonchev–Trinajstić information content (AvgIpc) is 3.06. The minimum Gasteiger partial charge on any atom is -0.506 e. The second-order valence-electron chi connectivity index (χ2n) is 12.5. The summed E-state index contributed by atoms with van der Waals surface area (Å²) in [7, 11) is 1.69. The molecular weight excluding hydrogens is 588 g/mol. The number of phenols is 1. The van der Waals surface area contributed by atoms with Crippen LogP contribution in [0.4, 0.5) is 11.4 Å². The maximum atomic E-state index is 13.8. The van der Waals surface area contributed by atoms with Gasteiger partial charge in [0.25, 0.3) is 5.91 Å². The van der Waals surface area contributed by atoms with Crippen molar-refractivity contribution < 1.29 is 24.2 Å². The number of ether oxygens (including phenoxy) is 2. The molecule has 7 nitrogen and oxygen atoms in total. The maximum Gasteiger partial charge on any atom is 0.259 e. The lowest BCUT2D eigenvalue weighted by molar-refractivity contribution is -0.116. The van der Waals surface area contributed by atoms with Crippen LogP contribution < -0.4 is 19.7 Å². The topological polar surface area (TPSA) is 88.1 Å². The highest BCUT2D eigenvalue weighted by Crippen LogP contribution is 2.41. The third kappa shape index (κ3) is 9.74. The molecule has 0 fully saturated rings. The predicted molar refractivity (Wildman–Crippen MR) is 192 cm³/mol.